The summed E-state index contributed by atoms with van der Waals surface area (Å²) < 4.78 is 14.7. The van der Waals surface area contributed by atoms with Gasteiger partial charge in [-0.3, -0.25) is 9.59 Å². The maximum atomic E-state index is 13.4. The Morgan fingerprint density at radius 1 is 1.23 bits per heavy atom. The third kappa shape index (κ3) is 5.62. The van der Waals surface area contributed by atoms with Gasteiger partial charge in [0.2, 0.25) is 5.91 Å². The molecule has 4 fully saturated rings. The molecule has 1 amide bonds. The van der Waals surface area contributed by atoms with Crippen molar-refractivity contribution in [2.24, 2.45) is 23.0 Å². The van der Waals surface area contributed by atoms with Crippen LogP contribution in [0.2, 0.25) is 0 Å². The molecule has 2 heterocycles. The van der Waals surface area contributed by atoms with Crippen LogP contribution in [0.3, 0.4) is 0 Å². The molecule has 11 heteroatoms. The van der Waals surface area contributed by atoms with Crippen molar-refractivity contribution in [1.29, 1.82) is 0 Å². The highest BCUT2D eigenvalue weighted by atomic mass is 16.7. The normalized spacial score (nSPS) is 27.5. The summed E-state index contributed by atoms with van der Waals surface area (Å²) in [5.41, 5.74) is 6.62. The molecule has 39 heavy (non-hydrogen) atoms. The molecule has 0 radical (unpaired) electrons. The van der Waals surface area contributed by atoms with E-state index < -0.39 is 13.1 Å². The Hall–Kier alpha value is -2.76. The zero-order valence-corrected chi connectivity index (χ0v) is 23.1. The zero-order chi connectivity index (χ0) is 27.8. The third-order valence-electron chi connectivity index (χ3n) is 9.21. The van der Waals surface area contributed by atoms with Gasteiger partial charge in [0, 0.05) is 6.42 Å². The van der Waals surface area contributed by atoms with E-state index in [-0.39, 0.29) is 47.8 Å². The molecule has 10 nitrogen and oxygen atoms in total. The number of aliphatic carboxylic acids is 1. The van der Waals surface area contributed by atoms with Crippen molar-refractivity contribution in [2.75, 3.05) is 6.54 Å². The second-order valence-corrected chi connectivity index (χ2v) is 12.1. The summed E-state index contributed by atoms with van der Waals surface area (Å²) >= 11 is 0. The molecule has 1 aromatic heterocycles. The molecule has 0 spiro atoms. The van der Waals surface area contributed by atoms with E-state index in [1.165, 1.54) is 4.68 Å². The maximum Gasteiger partial charge on any atom is 0.481 e. The number of hydrogen-bond acceptors (Lipinski definition) is 7. The number of carbonyl (C=O) groups excluding carboxylic acids is 1. The van der Waals surface area contributed by atoms with E-state index in [0.29, 0.717) is 37.0 Å². The summed E-state index contributed by atoms with van der Waals surface area (Å²) in [5, 5.41) is 16.7. The highest BCUT2D eigenvalue weighted by molar-refractivity contribution is 6.47. The van der Waals surface area contributed by atoms with Gasteiger partial charge < -0.3 is 25.5 Å². The first-order valence-corrected chi connectivity index (χ1v) is 14.1. The van der Waals surface area contributed by atoms with Crippen LogP contribution in [0.1, 0.15) is 70.1 Å². The number of carbonyl (C=O) groups is 2. The lowest BCUT2D eigenvalue weighted by Gasteiger charge is -2.64. The Kier molecular flexibility index (Phi) is 7.85. The zero-order valence-electron chi connectivity index (χ0n) is 23.1. The molecule has 6 rings (SSSR count). The number of nitrogens with one attached hydrogen (secondary N) is 1. The molecule has 3 saturated carbocycles. The highest BCUT2D eigenvalue weighted by Gasteiger charge is 2.68. The van der Waals surface area contributed by atoms with Gasteiger partial charge in [-0.05, 0) is 62.0 Å². The molecule has 5 atom stereocenters. The minimum Gasteiger partial charge on any atom is -0.481 e. The molecule has 2 bridgehead atoms. The first-order valence-electron chi connectivity index (χ1n) is 14.1. The van der Waals surface area contributed by atoms with Crippen molar-refractivity contribution in [3.05, 3.63) is 47.5 Å². The van der Waals surface area contributed by atoms with E-state index in [4.69, 9.17) is 15.0 Å². The summed E-state index contributed by atoms with van der Waals surface area (Å²) in [6.45, 7) is 7.34. The van der Waals surface area contributed by atoms with Gasteiger partial charge in [-0.25, -0.2) is 9.67 Å². The second kappa shape index (κ2) is 11.0. The summed E-state index contributed by atoms with van der Waals surface area (Å²) in [7, 11) is -0.529. The van der Waals surface area contributed by atoms with Crippen molar-refractivity contribution >= 4 is 19.0 Å². The second-order valence-electron chi connectivity index (χ2n) is 12.1. The van der Waals surface area contributed by atoms with Gasteiger partial charge in [-0.1, -0.05) is 50.6 Å². The first-order chi connectivity index (χ1) is 18.6. The van der Waals surface area contributed by atoms with Crippen LogP contribution in [-0.2, 0) is 38.3 Å². The van der Waals surface area contributed by atoms with Gasteiger partial charge >= 0.3 is 13.1 Å². The van der Waals surface area contributed by atoms with Crippen LogP contribution in [0.25, 0.3) is 0 Å². The predicted molar refractivity (Wildman–Crippen MR) is 146 cm³/mol. The number of carboxylic acids is 1. The molecule has 3 aliphatic carbocycles. The standard InChI is InChI=1S/C28H40BN5O5/c1-27(2)19-14-20(27)28(3)21(15-19)38-29(39-28)22(11-7-8-12-30)31-25(35)17-34-24(13-18-9-5-4-6-10-18)32-23(33-34)16-26(36)37/h4-6,9-10,19-22H,7-8,11-17,30H2,1-3H3,(H,31,35)(H,36,37). The number of hydrogen-bond donors (Lipinski definition) is 3. The van der Waals surface area contributed by atoms with Gasteiger partial charge in [-0.15, -0.1) is 0 Å². The highest BCUT2D eigenvalue weighted by Crippen LogP contribution is 2.65. The third-order valence-corrected chi connectivity index (χ3v) is 9.21. The average Bonchev–Trinajstić information content (AvgIpc) is 3.42. The summed E-state index contributed by atoms with van der Waals surface area (Å²) in [4.78, 5) is 29.1. The van der Waals surface area contributed by atoms with Crippen molar-refractivity contribution < 1.29 is 24.0 Å². The SMILES string of the molecule is CC1(C)C2CC3OB(C(CCCCN)NC(=O)Cn4nc(CC(=O)O)nc4Cc4ccccc4)OC3(C)C1C2. The van der Waals surface area contributed by atoms with Crippen LogP contribution < -0.4 is 11.1 Å². The van der Waals surface area contributed by atoms with Crippen LogP contribution in [-0.4, -0.2) is 63.1 Å². The maximum absolute atomic E-state index is 13.4. The van der Waals surface area contributed by atoms with E-state index in [9.17, 15) is 14.7 Å². The van der Waals surface area contributed by atoms with Gasteiger partial charge in [-0.2, -0.15) is 5.10 Å². The Morgan fingerprint density at radius 3 is 2.69 bits per heavy atom. The Morgan fingerprint density at radius 2 is 2.00 bits per heavy atom. The van der Waals surface area contributed by atoms with Crippen molar-refractivity contribution in [1.82, 2.24) is 20.1 Å². The largest absolute Gasteiger partial charge is 0.481 e. The minimum atomic E-state index is -1.02. The first kappa shape index (κ1) is 27.8. The minimum absolute atomic E-state index is 0.0274. The number of nitrogens with zero attached hydrogens (tertiary/aromatic N) is 3. The number of carboxylic acid groups (broad SMARTS) is 1. The molecule has 5 unspecified atom stereocenters. The molecule has 4 aliphatic rings. The fraction of sp³-hybridized carbons (Fsp3) is 0.643. The lowest BCUT2D eigenvalue weighted by Crippen LogP contribution is -2.65. The Bertz CT molecular complexity index is 1190. The number of benzene rings is 1. The van der Waals surface area contributed by atoms with Crippen molar-refractivity contribution in [3.8, 4) is 0 Å². The molecule has 1 saturated heterocycles. The van der Waals surface area contributed by atoms with E-state index in [0.717, 1.165) is 31.2 Å². The number of aromatic nitrogens is 3. The fourth-order valence-electron chi connectivity index (χ4n) is 6.92. The van der Waals surface area contributed by atoms with Crippen LogP contribution in [0.4, 0.5) is 0 Å². The lowest BCUT2D eigenvalue weighted by molar-refractivity contribution is -0.199. The van der Waals surface area contributed by atoms with Gasteiger partial charge in [0.1, 0.15) is 18.8 Å². The molecule has 2 aromatic rings. The van der Waals surface area contributed by atoms with Gasteiger partial charge in [0.05, 0.1) is 17.6 Å². The molecule has 210 valence electrons. The summed E-state index contributed by atoms with van der Waals surface area (Å²) in [6, 6.07) is 9.71. The fourth-order valence-corrected chi connectivity index (χ4v) is 6.92. The number of nitrogens with two attached hydrogens (primary N) is 1. The molecule has 4 N–H and O–H groups in total. The Balaban J connectivity index is 1.30. The van der Waals surface area contributed by atoms with Crippen LogP contribution >= 0.6 is 0 Å². The van der Waals surface area contributed by atoms with Crippen molar-refractivity contribution in [2.45, 2.75) is 89.9 Å². The smallest absolute Gasteiger partial charge is 0.481 e. The molecule has 1 aliphatic heterocycles. The predicted octanol–water partition coefficient (Wildman–Crippen LogP) is 2.38. The molecular formula is C28H40BN5O5. The lowest BCUT2D eigenvalue weighted by atomic mass is 9.43. The monoisotopic (exact) mass is 537 g/mol. The number of amides is 1. The van der Waals surface area contributed by atoms with Crippen LogP contribution in [0.5, 0.6) is 0 Å². The number of unbranched alkanes of at least 4 members (excludes halogenated alkanes) is 1. The molecule has 1 aromatic carbocycles. The summed E-state index contributed by atoms with van der Waals surface area (Å²) in [6.07, 6.45) is 4.68. The average molecular weight is 537 g/mol. The van der Waals surface area contributed by atoms with E-state index in [1.807, 2.05) is 30.3 Å². The van der Waals surface area contributed by atoms with Crippen molar-refractivity contribution in [3.63, 3.8) is 0 Å². The van der Waals surface area contributed by atoms with Gasteiger partial charge in [0.15, 0.2) is 5.82 Å². The molecular weight excluding hydrogens is 497 g/mol. The summed E-state index contributed by atoms with van der Waals surface area (Å²) in [5.74, 6) is 0.209. The van der Waals surface area contributed by atoms with Gasteiger partial charge in [0.25, 0.3) is 0 Å². The van der Waals surface area contributed by atoms with Crippen LogP contribution in [0, 0.1) is 17.3 Å². The van der Waals surface area contributed by atoms with Crippen LogP contribution in [0.15, 0.2) is 30.3 Å². The van der Waals surface area contributed by atoms with E-state index in [1.54, 1.807) is 0 Å². The van der Waals surface area contributed by atoms with E-state index in [2.05, 4.69) is 36.2 Å². The number of rotatable bonds is 12. The quantitative estimate of drug-likeness (QED) is 0.277. The van der Waals surface area contributed by atoms with E-state index >= 15 is 0 Å². The Labute approximate surface area is 230 Å². The topological polar surface area (TPSA) is 142 Å².